The molecule has 1 heterocycles. The Morgan fingerprint density at radius 3 is 2.37 bits per heavy atom. The van der Waals surface area contributed by atoms with Crippen molar-refractivity contribution in [3.8, 4) is 5.75 Å². The van der Waals surface area contributed by atoms with Gasteiger partial charge in [-0.05, 0) is 74.6 Å². The van der Waals surface area contributed by atoms with Crippen LogP contribution in [0.1, 0.15) is 85.9 Å². The number of hydrogen-bond donors (Lipinski definition) is 1. The van der Waals surface area contributed by atoms with Crippen molar-refractivity contribution in [2.45, 2.75) is 78.1 Å². The van der Waals surface area contributed by atoms with E-state index in [-0.39, 0.29) is 25.7 Å². The average Bonchev–Trinajstić information content (AvgIpc) is 3.10. The number of aromatic nitrogens is 1. The second kappa shape index (κ2) is 13.2. The van der Waals surface area contributed by atoms with E-state index in [4.69, 9.17) is 19.2 Å². The molecule has 0 radical (unpaired) electrons. The Hall–Kier alpha value is -2.93. The summed E-state index contributed by atoms with van der Waals surface area (Å²) in [5.74, 6) is 0.319. The first kappa shape index (κ1) is 26.7. The van der Waals surface area contributed by atoms with Crippen molar-refractivity contribution in [1.29, 1.82) is 0 Å². The fourth-order valence-electron chi connectivity index (χ4n) is 4.77. The molecule has 35 heavy (non-hydrogen) atoms. The highest BCUT2D eigenvalue weighted by atomic mass is 16.7. The van der Waals surface area contributed by atoms with Gasteiger partial charge in [0.1, 0.15) is 12.2 Å². The topological polar surface area (TPSA) is 86.8 Å². The molecule has 1 fully saturated rings. The smallest absolute Gasteiger partial charge is 0.315 e. The number of methoxy groups -OCH3 is 1. The van der Waals surface area contributed by atoms with E-state index < -0.39 is 5.97 Å². The number of anilines is 1. The number of nitrogens with zero attached hydrogens (tertiary/aromatic N) is 1. The maximum atomic E-state index is 12.2. The van der Waals surface area contributed by atoms with Gasteiger partial charge in [-0.1, -0.05) is 25.7 Å². The van der Waals surface area contributed by atoms with E-state index >= 15 is 0 Å². The van der Waals surface area contributed by atoms with Gasteiger partial charge in [0.15, 0.2) is 6.79 Å². The second-order valence-electron chi connectivity index (χ2n) is 9.22. The summed E-state index contributed by atoms with van der Waals surface area (Å²) in [6.45, 7) is 6.25. The van der Waals surface area contributed by atoms with Crippen molar-refractivity contribution in [1.82, 2.24) is 4.98 Å². The molecule has 0 unspecified atom stereocenters. The van der Waals surface area contributed by atoms with Crippen molar-refractivity contribution in [3.63, 3.8) is 0 Å². The maximum Gasteiger partial charge on any atom is 0.315 e. The van der Waals surface area contributed by atoms with Gasteiger partial charge in [-0.3, -0.25) is 14.6 Å². The zero-order valence-corrected chi connectivity index (χ0v) is 21.4. The van der Waals surface area contributed by atoms with Crippen molar-refractivity contribution in [2.75, 3.05) is 25.8 Å². The number of carbonyl (C=O) groups excluding carboxylic acids is 2. The number of carbonyl (C=O) groups is 2. The van der Waals surface area contributed by atoms with Crippen LogP contribution in [0.4, 0.5) is 5.69 Å². The molecule has 1 amide bonds. The summed E-state index contributed by atoms with van der Waals surface area (Å²) in [5.41, 5.74) is 6.02. The highest BCUT2D eigenvalue weighted by Crippen LogP contribution is 2.36. The molecule has 2 aromatic rings. The first-order chi connectivity index (χ1) is 16.9. The van der Waals surface area contributed by atoms with Crippen molar-refractivity contribution < 1.29 is 23.8 Å². The molecule has 0 aliphatic heterocycles. The van der Waals surface area contributed by atoms with Gasteiger partial charge in [-0.15, -0.1) is 0 Å². The monoisotopic (exact) mass is 482 g/mol. The van der Waals surface area contributed by atoms with Crippen LogP contribution in [0.15, 0.2) is 24.3 Å². The molecule has 7 nitrogen and oxygen atoms in total. The Kier molecular flexibility index (Phi) is 10.1. The van der Waals surface area contributed by atoms with Crippen LogP contribution in [-0.2, 0) is 25.5 Å². The molecule has 0 atom stereocenters. The van der Waals surface area contributed by atoms with Crippen LogP contribution in [0.25, 0.3) is 0 Å². The Bertz CT molecular complexity index is 989. The molecule has 1 aliphatic rings. The summed E-state index contributed by atoms with van der Waals surface area (Å²) < 4.78 is 15.9. The first-order valence-corrected chi connectivity index (χ1v) is 12.6. The zero-order chi connectivity index (χ0) is 25.2. The summed E-state index contributed by atoms with van der Waals surface area (Å²) in [5, 5.41) is 2.81. The Morgan fingerprint density at radius 1 is 1.06 bits per heavy atom. The molecule has 0 bridgehead atoms. The van der Waals surface area contributed by atoms with Gasteiger partial charge < -0.3 is 19.5 Å². The molecule has 1 N–H and O–H groups in total. The van der Waals surface area contributed by atoms with E-state index in [0.29, 0.717) is 18.0 Å². The van der Waals surface area contributed by atoms with Crippen LogP contribution in [0.2, 0.25) is 0 Å². The van der Waals surface area contributed by atoms with Crippen LogP contribution in [0, 0.1) is 13.8 Å². The number of benzene rings is 1. The summed E-state index contributed by atoms with van der Waals surface area (Å²) in [4.78, 5) is 28.8. The number of nitrogens with one attached hydrogen (secondary N) is 1. The predicted molar refractivity (Wildman–Crippen MR) is 136 cm³/mol. The van der Waals surface area contributed by atoms with Gasteiger partial charge in [0.2, 0.25) is 5.91 Å². The number of hydrogen-bond acceptors (Lipinski definition) is 6. The van der Waals surface area contributed by atoms with E-state index in [1.165, 1.54) is 31.2 Å². The van der Waals surface area contributed by atoms with Crippen LogP contribution in [-0.4, -0.2) is 37.4 Å². The molecule has 190 valence electrons. The SMILES string of the molecule is CCOC(=O)CC(=O)Nc1cc(C)c(Cc2ccc(OCOC)c(C3CCCCCC3)n2)c(C)c1. The summed E-state index contributed by atoms with van der Waals surface area (Å²) in [6.07, 6.45) is 7.69. The standard InChI is InChI=1S/C28H38N2O5/c1-5-34-27(32)17-26(31)29-23-14-19(2)24(20(3)15-23)16-22-12-13-25(35-18-33-4)28(30-22)21-10-8-6-7-9-11-21/h12-15,21H,5-11,16-18H2,1-4H3,(H,29,31). The van der Waals surface area contributed by atoms with Gasteiger partial charge in [0.25, 0.3) is 0 Å². The molecular weight excluding hydrogens is 444 g/mol. The molecular formula is C28H38N2O5. The first-order valence-electron chi connectivity index (χ1n) is 12.6. The Morgan fingerprint density at radius 2 is 1.74 bits per heavy atom. The minimum atomic E-state index is -0.525. The van der Waals surface area contributed by atoms with Crippen molar-refractivity contribution in [2.24, 2.45) is 0 Å². The molecule has 1 aromatic carbocycles. The highest BCUT2D eigenvalue weighted by Gasteiger charge is 2.21. The normalized spacial score (nSPS) is 14.3. The third kappa shape index (κ3) is 7.79. The predicted octanol–water partition coefficient (Wildman–Crippen LogP) is 5.60. The number of aryl methyl sites for hydroxylation is 2. The van der Waals surface area contributed by atoms with Gasteiger partial charge in [-0.25, -0.2) is 0 Å². The Labute approximate surface area is 208 Å². The van der Waals surface area contributed by atoms with E-state index in [9.17, 15) is 9.59 Å². The van der Waals surface area contributed by atoms with Gasteiger partial charge >= 0.3 is 5.97 Å². The minimum absolute atomic E-state index is 0.211. The summed E-state index contributed by atoms with van der Waals surface area (Å²) in [7, 11) is 1.63. The zero-order valence-electron chi connectivity index (χ0n) is 21.4. The number of esters is 1. The third-order valence-corrected chi connectivity index (χ3v) is 6.47. The maximum absolute atomic E-state index is 12.2. The highest BCUT2D eigenvalue weighted by molar-refractivity contribution is 6.02. The van der Waals surface area contributed by atoms with E-state index in [1.54, 1.807) is 14.0 Å². The van der Waals surface area contributed by atoms with Crippen LogP contribution in [0.5, 0.6) is 5.75 Å². The van der Waals surface area contributed by atoms with E-state index in [1.807, 2.05) is 38.1 Å². The molecule has 0 saturated heterocycles. The van der Waals surface area contributed by atoms with Gasteiger partial charge in [0, 0.05) is 30.8 Å². The third-order valence-electron chi connectivity index (χ3n) is 6.47. The molecule has 1 aromatic heterocycles. The van der Waals surface area contributed by atoms with Gasteiger partial charge in [0.05, 0.1) is 12.3 Å². The fraction of sp³-hybridized carbons (Fsp3) is 0.536. The fourth-order valence-corrected chi connectivity index (χ4v) is 4.77. The second-order valence-corrected chi connectivity index (χ2v) is 9.22. The molecule has 1 aliphatic carbocycles. The van der Waals surface area contributed by atoms with E-state index in [0.717, 1.165) is 41.1 Å². The quantitative estimate of drug-likeness (QED) is 0.205. The molecule has 3 rings (SSSR count). The number of amides is 1. The van der Waals surface area contributed by atoms with Crippen molar-refractivity contribution >= 4 is 17.6 Å². The number of rotatable bonds is 10. The summed E-state index contributed by atoms with van der Waals surface area (Å²) >= 11 is 0. The largest absolute Gasteiger partial charge is 0.466 e. The van der Waals surface area contributed by atoms with E-state index in [2.05, 4.69) is 5.32 Å². The lowest BCUT2D eigenvalue weighted by molar-refractivity contribution is -0.145. The Balaban J connectivity index is 1.79. The lowest BCUT2D eigenvalue weighted by Crippen LogP contribution is -2.18. The lowest BCUT2D eigenvalue weighted by atomic mass is 9.93. The molecule has 0 spiro atoms. The molecule has 1 saturated carbocycles. The number of pyridine rings is 1. The van der Waals surface area contributed by atoms with Crippen molar-refractivity contribution in [3.05, 3.63) is 52.3 Å². The van der Waals surface area contributed by atoms with Crippen LogP contribution in [0.3, 0.4) is 0 Å². The lowest BCUT2D eigenvalue weighted by Gasteiger charge is -2.19. The number of ether oxygens (including phenoxy) is 3. The molecule has 7 heteroatoms. The van der Waals surface area contributed by atoms with Gasteiger partial charge in [-0.2, -0.15) is 0 Å². The summed E-state index contributed by atoms with van der Waals surface area (Å²) in [6, 6.07) is 7.93. The average molecular weight is 483 g/mol. The van der Waals surface area contributed by atoms with Crippen LogP contribution < -0.4 is 10.1 Å². The van der Waals surface area contributed by atoms with Crippen LogP contribution >= 0.6 is 0 Å². The minimum Gasteiger partial charge on any atom is -0.466 e.